The molecule has 0 fully saturated rings. The molecule has 0 spiro atoms. The van der Waals surface area contributed by atoms with Crippen molar-refractivity contribution in [3.63, 3.8) is 0 Å². The molecule has 124 valence electrons. The third kappa shape index (κ3) is 4.91. The number of carbonyl (C=O) groups is 1. The maximum absolute atomic E-state index is 12.0. The lowest BCUT2D eigenvalue weighted by Gasteiger charge is -2.33. The maximum atomic E-state index is 12.0. The van der Waals surface area contributed by atoms with Gasteiger partial charge in [0.05, 0.1) is 18.9 Å². The number of urea groups is 1. The Morgan fingerprint density at radius 1 is 1.36 bits per heavy atom. The summed E-state index contributed by atoms with van der Waals surface area (Å²) in [4.78, 5) is 12.0. The van der Waals surface area contributed by atoms with Gasteiger partial charge in [0.15, 0.2) is 0 Å². The van der Waals surface area contributed by atoms with Crippen LogP contribution in [0.4, 0.5) is 10.5 Å². The molecule has 0 radical (unpaired) electrons. The molecule has 1 rings (SSSR count). The Morgan fingerprint density at radius 3 is 2.55 bits per heavy atom. The van der Waals surface area contributed by atoms with Gasteiger partial charge in [-0.3, -0.25) is 0 Å². The first-order valence-corrected chi connectivity index (χ1v) is 7.55. The Hall–Kier alpha value is -1.75. The average Bonchev–Trinajstić information content (AvgIpc) is 2.46. The molecule has 1 atom stereocenters. The minimum Gasteiger partial charge on any atom is -0.495 e. The Bertz CT molecular complexity index is 513. The monoisotopic (exact) mass is 308 g/mol. The predicted molar refractivity (Wildman–Crippen MR) is 89.4 cm³/mol. The van der Waals surface area contributed by atoms with E-state index in [1.165, 1.54) is 0 Å². The molecule has 0 aliphatic rings. The van der Waals surface area contributed by atoms with E-state index in [1.807, 2.05) is 52.8 Å². The van der Waals surface area contributed by atoms with Crippen molar-refractivity contribution < 1.29 is 14.6 Å². The number of methoxy groups -OCH3 is 1. The molecule has 1 aromatic carbocycles. The zero-order valence-electron chi connectivity index (χ0n) is 14.4. The first kappa shape index (κ1) is 18.3. The van der Waals surface area contributed by atoms with E-state index in [9.17, 15) is 9.90 Å². The van der Waals surface area contributed by atoms with Crippen LogP contribution < -0.4 is 15.4 Å². The van der Waals surface area contributed by atoms with Gasteiger partial charge in [-0.2, -0.15) is 0 Å². The number of hydrogen-bond donors (Lipinski definition) is 3. The summed E-state index contributed by atoms with van der Waals surface area (Å²) in [5.41, 5.74) is 1.28. The first-order chi connectivity index (χ1) is 10.2. The standard InChI is InChI=1S/C17H28N2O3/c1-11(2)15(20)17(4,5)10-18-16(21)19-13-8-7-12(3)9-14(13)22-6/h7-9,11,15,20H,10H2,1-6H3,(H2,18,19,21). The molecule has 5 nitrogen and oxygen atoms in total. The van der Waals surface area contributed by atoms with Crippen LogP contribution in [0.2, 0.25) is 0 Å². The summed E-state index contributed by atoms with van der Waals surface area (Å²) in [7, 11) is 1.57. The van der Waals surface area contributed by atoms with Crippen molar-refractivity contribution in [1.82, 2.24) is 5.32 Å². The maximum Gasteiger partial charge on any atom is 0.319 e. The fraction of sp³-hybridized carbons (Fsp3) is 0.588. The van der Waals surface area contributed by atoms with Crippen LogP contribution in [0, 0.1) is 18.3 Å². The molecule has 0 saturated heterocycles. The fourth-order valence-electron chi connectivity index (χ4n) is 2.38. The molecular weight excluding hydrogens is 280 g/mol. The molecule has 0 aliphatic heterocycles. The van der Waals surface area contributed by atoms with Crippen LogP contribution in [0.15, 0.2) is 18.2 Å². The van der Waals surface area contributed by atoms with Crippen LogP contribution in [0.1, 0.15) is 33.3 Å². The largest absolute Gasteiger partial charge is 0.495 e. The number of aryl methyl sites for hydroxylation is 1. The van der Waals surface area contributed by atoms with Crippen molar-refractivity contribution in [3.05, 3.63) is 23.8 Å². The van der Waals surface area contributed by atoms with Gasteiger partial charge in [-0.1, -0.05) is 33.8 Å². The minimum atomic E-state index is -0.485. The van der Waals surface area contributed by atoms with Crippen LogP contribution in [0.25, 0.3) is 0 Å². The highest BCUT2D eigenvalue weighted by Crippen LogP contribution is 2.26. The summed E-state index contributed by atoms with van der Waals surface area (Å²) in [5.74, 6) is 0.758. The lowest BCUT2D eigenvalue weighted by atomic mass is 9.81. The summed E-state index contributed by atoms with van der Waals surface area (Å²) >= 11 is 0. The highest BCUT2D eigenvalue weighted by atomic mass is 16.5. The quantitative estimate of drug-likeness (QED) is 0.756. The highest BCUT2D eigenvalue weighted by Gasteiger charge is 2.30. The van der Waals surface area contributed by atoms with Gasteiger partial charge in [-0.15, -0.1) is 0 Å². The zero-order valence-corrected chi connectivity index (χ0v) is 14.4. The van der Waals surface area contributed by atoms with Gasteiger partial charge < -0.3 is 20.5 Å². The third-order valence-corrected chi connectivity index (χ3v) is 3.74. The Balaban J connectivity index is 2.64. The second-order valence-electron chi connectivity index (χ2n) is 6.69. The SMILES string of the molecule is COc1cc(C)ccc1NC(=O)NCC(C)(C)C(O)C(C)C. The molecule has 0 heterocycles. The van der Waals surface area contributed by atoms with Gasteiger partial charge in [0.2, 0.25) is 0 Å². The summed E-state index contributed by atoms with van der Waals surface area (Å²) in [6, 6.07) is 5.26. The number of hydrogen-bond acceptors (Lipinski definition) is 3. The van der Waals surface area contributed by atoms with Gasteiger partial charge in [0.1, 0.15) is 5.75 Å². The minimum absolute atomic E-state index is 0.136. The number of aliphatic hydroxyl groups excluding tert-OH is 1. The van der Waals surface area contributed by atoms with E-state index in [0.29, 0.717) is 18.0 Å². The molecule has 0 aromatic heterocycles. The highest BCUT2D eigenvalue weighted by molar-refractivity contribution is 5.91. The van der Waals surface area contributed by atoms with Gasteiger partial charge in [0, 0.05) is 12.0 Å². The van der Waals surface area contributed by atoms with Crippen molar-refractivity contribution >= 4 is 11.7 Å². The van der Waals surface area contributed by atoms with E-state index in [0.717, 1.165) is 5.56 Å². The number of ether oxygens (including phenoxy) is 1. The Morgan fingerprint density at radius 2 is 2.00 bits per heavy atom. The molecule has 22 heavy (non-hydrogen) atoms. The zero-order chi connectivity index (χ0) is 16.9. The lowest BCUT2D eigenvalue weighted by Crippen LogP contribution is -2.44. The molecule has 3 N–H and O–H groups in total. The molecule has 0 aliphatic carbocycles. The Kier molecular flexibility index (Phi) is 6.23. The molecule has 0 saturated carbocycles. The van der Waals surface area contributed by atoms with Crippen LogP contribution in [0.5, 0.6) is 5.75 Å². The third-order valence-electron chi connectivity index (χ3n) is 3.74. The number of carbonyl (C=O) groups excluding carboxylic acids is 1. The second-order valence-corrected chi connectivity index (χ2v) is 6.69. The summed E-state index contributed by atoms with van der Waals surface area (Å²) in [6.45, 7) is 10.1. The number of benzene rings is 1. The molecule has 1 unspecified atom stereocenters. The van der Waals surface area contributed by atoms with E-state index < -0.39 is 11.5 Å². The van der Waals surface area contributed by atoms with Crippen LogP contribution in [-0.2, 0) is 0 Å². The average molecular weight is 308 g/mol. The van der Waals surface area contributed by atoms with Crippen molar-refractivity contribution in [1.29, 1.82) is 0 Å². The van der Waals surface area contributed by atoms with Crippen molar-refractivity contribution in [2.45, 2.75) is 40.7 Å². The summed E-state index contributed by atoms with van der Waals surface area (Å²) in [5, 5.41) is 15.8. The summed E-state index contributed by atoms with van der Waals surface area (Å²) in [6.07, 6.45) is -0.485. The molecule has 1 aromatic rings. The molecule has 0 bridgehead atoms. The topological polar surface area (TPSA) is 70.6 Å². The van der Waals surface area contributed by atoms with Crippen molar-refractivity contribution in [2.24, 2.45) is 11.3 Å². The van der Waals surface area contributed by atoms with Crippen LogP contribution in [0.3, 0.4) is 0 Å². The second kappa shape index (κ2) is 7.49. The van der Waals surface area contributed by atoms with Crippen LogP contribution >= 0.6 is 0 Å². The molecular formula is C17H28N2O3. The number of nitrogens with one attached hydrogen (secondary N) is 2. The predicted octanol–water partition coefficient (Wildman–Crippen LogP) is 3.17. The van der Waals surface area contributed by atoms with E-state index in [1.54, 1.807) is 7.11 Å². The van der Waals surface area contributed by atoms with E-state index in [2.05, 4.69) is 10.6 Å². The van der Waals surface area contributed by atoms with Gasteiger partial charge in [0.25, 0.3) is 0 Å². The fourth-order valence-corrected chi connectivity index (χ4v) is 2.38. The van der Waals surface area contributed by atoms with Crippen molar-refractivity contribution in [3.8, 4) is 5.75 Å². The van der Waals surface area contributed by atoms with Gasteiger partial charge in [-0.05, 0) is 30.5 Å². The molecule has 2 amide bonds. The molecule has 5 heteroatoms. The van der Waals surface area contributed by atoms with E-state index in [-0.39, 0.29) is 11.9 Å². The van der Waals surface area contributed by atoms with Gasteiger partial charge in [-0.25, -0.2) is 4.79 Å². The first-order valence-electron chi connectivity index (χ1n) is 7.55. The number of anilines is 1. The van der Waals surface area contributed by atoms with E-state index >= 15 is 0 Å². The summed E-state index contributed by atoms with van der Waals surface area (Å²) < 4.78 is 5.26. The van der Waals surface area contributed by atoms with Crippen molar-refractivity contribution in [2.75, 3.05) is 19.0 Å². The Labute approximate surface area is 133 Å². The van der Waals surface area contributed by atoms with Gasteiger partial charge >= 0.3 is 6.03 Å². The lowest BCUT2D eigenvalue weighted by molar-refractivity contribution is 0.0154. The number of amides is 2. The van der Waals surface area contributed by atoms with E-state index in [4.69, 9.17) is 4.74 Å². The smallest absolute Gasteiger partial charge is 0.319 e. The number of rotatable bonds is 6. The van der Waals surface area contributed by atoms with Crippen LogP contribution in [-0.4, -0.2) is 30.9 Å². The number of aliphatic hydroxyl groups is 1. The normalized spacial score (nSPS) is 12.9.